The maximum atomic E-state index is 4.17. The molecule has 19 heavy (non-hydrogen) atoms. The Hall–Kier alpha value is -0.710. The maximum absolute atomic E-state index is 4.17. The largest absolute Gasteiger partial charge is 0.317 e. The van der Waals surface area contributed by atoms with Gasteiger partial charge in [0.2, 0.25) is 0 Å². The number of hydrogen-bond acceptors (Lipinski definition) is 3. The van der Waals surface area contributed by atoms with Gasteiger partial charge in [0.1, 0.15) is 0 Å². The summed E-state index contributed by atoms with van der Waals surface area (Å²) in [7, 11) is 0. The quantitative estimate of drug-likeness (QED) is 0.827. The first-order valence-electron chi connectivity index (χ1n) is 6.61. The van der Waals surface area contributed by atoms with Gasteiger partial charge in [-0.1, -0.05) is 41.1 Å². The molecule has 0 spiro atoms. The summed E-state index contributed by atoms with van der Waals surface area (Å²) in [5, 5.41) is 3.47. The third kappa shape index (κ3) is 4.71. The zero-order valence-corrected chi connectivity index (χ0v) is 13.5. The van der Waals surface area contributed by atoms with E-state index in [1.54, 1.807) is 11.3 Å². The average Bonchev–Trinajstić information content (AvgIpc) is 2.91. The first-order chi connectivity index (χ1) is 9.29. The number of hydrogen-bond donors (Lipinski definition) is 1. The highest BCUT2D eigenvalue weighted by atomic mass is 79.9. The van der Waals surface area contributed by atoms with Crippen molar-refractivity contribution in [3.05, 3.63) is 50.9 Å². The van der Waals surface area contributed by atoms with Crippen LogP contribution in [0.5, 0.6) is 0 Å². The molecule has 1 heterocycles. The Morgan fingerprint density at radius 2 is 2.16 bits per heavy atom. The van der Waals surface area contributed by atoms with Crippen molar-refractivity contribution in [1.82, 2.24) is 10.3 Å². The fourth-order valence-electron chi connectivity index (χ4n) is 2.17. The topological polar surface area (TPSA) is 24.9 Å². The molecule has 1 unspecified atom stereocenters. The second-order valence-electron chi connectivity index (χ2n) is 4.64. The van der Waals surface area contributed by atoms with Crippen LogP contribution in [0.15, 0.2) is 40.4 Å². The summed E-state index contributed by atoms with van der Waals surface area (Å²) in [4.78, 5) is 5.54. The van der Waals surface area contributed by atoms with E-state index in [0.717, 1.165) is 25.9 Å². The Morgan fingerprint density at radius 1 is 1.32 bits per heavy atom. The summed E-state index contributed by atoms with van der Waals surface area (Å²) >= 11 is 5.39. The van der Waals surface area contributed by atoms with E-state index in [1.165, 1.54) is 14.9 Å². The zero-order valence-electron chi connectivity index (χ0n) is 11.1. The number of halogens is 1. The van der Waals surface area contributed by atoms with Crippen LogP contribution in [-0.4, -0.2) is 18.1 Å². The molecule has 0 fully saturated rings. The summed E-state index contributed by atoms with van der Waals surface area (Å²) in [5.74, 6) is 0.610. The lowest BCUT2D eigenvalue weighted by Crippen LogP contribution is -2.25. The lowest BCUT2D eigenvalue weighted by Gasteiger charge is -2.17. The summed E-state index contributed by atoms with van der Waals surface area (Å²) < 4.78 is 1.21. The summed E-state index contributed by atoms with van der Waals surface area (Å²) in [5.41, 5.74) is 3.30. The number of thiazole rings is 1. The lowest BCUT2D eigenvalue weighted by atomic mass is 9.95. The molecule has 0 saturated heterocycles. The monoisotopic (exact) mass is 338 g/mol. The predicted octanol–water partition coefficient (Wildman–Crippen LogP) is 3.92. The highest BCUT2D eigenvalue weighted by Crippen LogP contribution is 2.22. The van der Waals surface area contributed by atoms with Gasteiger partial charge in [-0.05, 0) is 43.5 Å². The molecule has 2 aromatic rings. The Labute approximate surface area is 127 Å². The number of benzene rings is 1. The van der Waals surface area contributed by atoms with Gasteiger partial charge in [-0.25, -0.2) is 0 Å². The first-order valence-corrected chi connectivity index (χ1v) is 8.28. The molecule has 4 heteroatoms. The van der Waals surface area contributed by atoms with Crippen LogP contribution >= 0.6 is 27.3 Å². The molecule has 2 nitrogen and oxygen atoms in total. The maximum Gasteiger partial charge on any atom is 0.0794 e. The lowest BCUT2D eigenvalue weighted by molar-refractivity contribution is 0.480. The van der Waals surface area contributed by atoms with Gasteiger partial charge in [-0.15, -0.1) is 11.3 Å². The van der Waals surface area contributed by atoms with Gasteiger partial charge >= 0.3 is 0 Å². The third-order valence-corrected chi connectivity index (χ3v) is 4.70. The van der Waals surface area contributed by atoms with Crippen molar-refractivity contribution < 1.29 is 0 Å². The predicted molar refractivity (Wildman–Crippen MR) is 85.7 cm³/mol. The Bertz CT molecular complexity index is 485. The van der Waals surface area contributed by atoms with Crippen molar-refractivity contribution in [3.63, 3.8) is 0 Å². The van der Waals surface area contributed by atoms with E-state index in [2.05, 4.69) is 57.4 Å². The fraction of sp³-hybridized carbons (Fsp3) is 0.400. The highest BCUT2D eigenvalue weighted by Gasteiger charge is 2.13. The van der Waals surface area contributed by atoms with Crippen molar-refractivity contribution in [2.75, 3.05) is 13.1 Å². The van der Waals surface area contributed by atoms with Gasteiger partial charge in [0.15, 0.2) is 0 Å². The van der Waals surface area contributed by atoms with E-state index in [0.29, 0.717) is 5.92 Å². The Balaban J connectivity index is 2.03. The van der Waals surface area contributed by atoms with Crippen LogP contribution in [0.4, 0.5) is 0 Å². The molecule has 0 radical (unpaired) electrons. The van der Waals surface area contributed by atoms with Crippen LogP contribution in [0.3, 0.4) is 0 Å². The molecule has 1 aromatic carbocycles. The van der Waals surface area contributed by atoms with Crippen molar-refractivity contribution in [2.45, 2.75) is 19.8 Å². The van der Waals surface area contributed by atoms with E-state index in [9.17, 15) is 0 Å². The molecule has 0 aliphatic rings. The van der Waals surface area contributed by atoms with Gasteiger partial charge in [-0.2, -0.15) is 0 Å². The second-order valence-corrected chi connectivity index (χ2v) is 6.47. The number of nitrogens with one attached hydrogen (secondary N) is 1. The normalized spacial score (nSPS) is 12.5. The molecule has 0 aliphatic heterocycles. The molecule has 0 aliphatic carbocycles. The molecule has 1 atom stereocenters. The second kappa shape index (κ2) is 7.78. The van der Waals surface area contributed by atoms with Crippen LogP contribution in [-0.2, 0) is 12.8 Å². The average molecular weight is 339 g/mol. The molecule has 102 valence electrons. The summed E-state index contributed by atoms with van der Waals surface area (Å²) in [6, 6.07) is 8.50. The standard InChI is InChI=1S/C15H19BrN2S/c1-2-17-9-12(8-14-10-18-11-19-14)7-13-5-3-4-6-15(13)16/h3-6,10-12,17H,2,7-9H2,1H3. The van der Waals surface area contributed by atoms with Crippen LogP contribution in [0.2, 0.25) is 0 Å². The minimum atomic E-state index is 0.610. The number of aromatic nitrogens is 1. The summed E-state index contributed by atoms with van der Waals surface area (Å²) in [6.45, 7) is 4.23. The van der Waals surface area contributed by atoms with Crippen molar-refractivity contribution in [1.29, 1.82) is 0 Å². The minimum absolute atomic E-state index is 0.610. The van der Waals surface area contributed by atoms with Crippen molar-refractivity contribution in [2.24, 2.45) is 5.92 Å². The van der Waals surface area contributed by atoms with Crippen LogP contribution in [0.1, 0.15) is 17.4 Å². The number of rotatable bonds is 7. The highest BCUT2D eigenvalue weighted by molar-refractivity contribution is 9.10. The third-order valence-electron chi connectivity index (χ3n) is 3.12. The zero-order chi connectivity index (χ0) is 13.5. The Morgan fingerprint density at radius 3 is 2.84 bits per heavy atom. The van der Waals surface area contributed by atoms with E-state index >= 15 is 0 Å². The van der Waals surface area contributed by atoms with Gasteiger partial charge in [0.05, 0.1) is 5.51 Å². The van der Waals surface area contributed by atoms with Gasteiger partial charge in [0.25, 0.3) is 0 Å². The van der Waals surface area contributed by atoms with Gasteiger partial charge in [0, 0.05) is 15.5 Å². The molecule has 0 bridgehead atoms. The molecule has 2 rings (SSSR count). The Kier molecular flexibility index (Phi) is 6.01. The van der Waals surface area contributed by atoms with Crippen molar-refractivity contribution >= 4 is 27.3 Å². The van der Waals surface area contributed by atoms with E-state index in [-0.39, 0.29) is 0 Å². The molecule has 1 N–H and O–H groups in total. The molecule has 1 aromatic heterocycles. The van der Waals surface area contributed by atoms with Crippen molar-refractivity contribution in [3.8, 4) is 0 Å². The van der Waals surface area contributed by atoms with E-state index < -0.39 is 0 Å². The minimum Gasteiger partial charge on any atom is -0.317 e. The first kappa shape index (κ1) is 14.7. The smallest absolute Gasteiger partial charge is 0.0794 e. The van der Waals surface area contributed by atoms with Crippen LogP contribution < -0.4 is 5.32 Å². The van der Waals surface area contributed by atoms with E-state index in [1.807, 2.05) is 11.7 Å². The molecule has 0 saturated carbocycles. The molecule has 0 amide bonds. The fourth-order valence-corrected chi connectivity index (χ4v) is 3.32. The molecular formula is C15H19BrN2S. The number of nitrogens with zero attached hydrogens (tertiary/aromatic N) is 1. The van der Waals surface area contributed by atoms with Gasteiger partial charge in [-0.3, -0.25) is 4.98 Å². The van der Waals surface area contributed by atoms with Gasteiger partial charge < -0.3 is 5.32 Å². The van der Waals surface area contributed by atoms with Crippen LogP contribution in [0, 0.1) is 5.92 Å². The van der Waals surface area contributed by atoms with E-state index in [4.69, 9.17) is 0 Å². The summed E-state index contributed by atoms with van der Waals surface area (Å²) in [6.07, 6.45) is 4.18. The van der Waals surface area contributed by atoms with Crippen LogP contribution in [0.25, 0.3) is 0 Å². The molecular weight excluding hydrogens is 320 g/mol. The SMILES string of the molecule is CCNCC(Cc1cncs1)Cc1ccccc1Br.